The van der Waals surface area contributed by atoms with Crippen LogP contribution in [-0.2, 0) is 10.1 Å². The number of rotatable bonds is 18. The smallest absolute Gasteiger partial charge is 0.748 e. The summed E-state index contributed by atoms with van der Waals surface area (Å²) >= 11 is 0. The SMILES string of the molecule is CCCCCCCCCCC(O)CCCCCCCC(C)S(=O)(=O)[O-].[K+]. The van der Waals surface area contributed by atoms with E-state index in [0.29, 0.717) is 6.42 Å². The maximum absolute atomic E-state index is 10.8. The molecule has 6 heteroatoms. The van der Waals surface area contributed by atoms with Gasteiger partial charge in [0.15, 0.2) is 0 Å². The molecule has 0 radical (unpaired) electrons. The maximum Gasteiger partial charge on any atom is 1.00 e. The zero-order valence-corrected chi connectivity index (χ0v) is 21.5. The monoisotopic (exact) mass is 416 g/mol. The summed E-state index contributed by atoms with van der Waals surface area (Å²) in [6, 6.07) is 0. The fourth-order valence-corrected chi connectivity index (χ4v) is 3.60. The molecular weight excluding hydrogens is 375 g/mol. The van der Waals surface area contributed by atoms with E-state index in [1.54, 1.807) is 0 Å². The van der Waals surface area contributed by atoms with E-state index < -0.39 is 15.4 Å². The van der Waals surface area contributed by atoms with Crippen LogP contribution in [0.5, 0.6) is 0 Å². The van der Waals surface area contributed by atoms with Gasteiger partial charge in [-0.1, -0.05) is 90.4 Å². The first-order valence-electron chi connectivity index (χ1n) is 10.5. The third-order valence-electron chi connectivity index (χ3n) is 5.03. The molecule has 0 fully saturated rings. The predicted octanol–water partition coefficient (Wildman–Crippen LogP) is 2.55. The van der Waals surface area contributed by atoms with Crippen molar-refractivity contribution < 1.29 is 69.5 Å². The van der Waals surface area contributed by atoms with Crippen molar-refractivity contribution >= 4 is 10.1 Å². The molecule has 0 bridgehead atoms. The minimum absolute atomic E-state index is 0. The van der Waals surface area contributed by atoms with E-state index in [0.717, 1.165) is 51.4 Å². The molecule has 0 heterocycles. The minimum atomic E-state index is -4.11. The average Bonchev–Trinajstić information content (AvgIpc) is 2.55. The zero-order valence-electron chi connectivity index (χ0n) is 17.5. The maximum atomic E-state index is 10.8. The molecule has 26 heavy (non-hydrogen) atoms. The van der Waals surface area contributed by atoms with Crippen molar-refractivity contribution in [3.05, 3.63) is 0 Å². The Morgan fingerprint density at radius 3 is 1.46 bits per heavy atom. The number of hydrogen-bond donors (Lipinski definition) is 1. The van der Waals surface area contributed by atoms with Crippen LogP contribution in [-0.4, -0.2) is 29.4 Å². The molecule has 152 valence electrons. The van der Waals surface area contributed by atoms with Crippen LogP contribution in [0.3, 0.4) is 0 Å². The zero-order chi connectivity index (χ0) is 19.0. The van der Waals surface area contributed by atoms with Crippen LogP contribution in [0.25, 0.3) is 0 Å². The van der Waals surface area contributed by atoms with E-state index in [9.17, 15) is 18.1 Å². The minimum Gasteiger partial charge on any atom is -0.748 e. The summed E-state index contributed by atoms with van der Waals surface area (Å²) in [5, 5.41) is 9.22. The van der Waals surface area contributed by atoms with Gasteiger partial charge in [0.2, 0.25) is 0 Å². The fraction of sp³-hybridized carbons (Fsp3) is 1.00. The van der Waals surface area contributed by atoms with Gasteiger partial charge in [0.05, 0.1) is 16.2 Å². The van der Waals surface area contributed by atoms with Gasteiger partial charge < -0.3 is 9.66 Å². The van der Waals surface area contributed by atoms with E-state index in [-0.39, 0.29) is 57.5 Å². The van der Waals surface area contributed by atoms with E-state index in [1.165, 1.54) is 51.9 Å². The molecular formula is C20H41KO4S. The summed E-state index contributed by atoms with van der Waals surface area (Å²) in [4.78, 5) is 0. The Morgan fingerprint density at radius 1 is 0.731 bits per heavy atom. The van der Waals surface area contributed by atoms with Crippen molar-refractivity contribution in [2.45, 2.75) is 128 Å². The molecule has 0 rings (SSSR count). The normalized spacial score (nSPS) is 14.0. The Morgan fingerprint density at radius 2 is 1.08 bits per heavy atom. The van der Waals surface area contributed by atoms with Crippen molar-refractivity contribution in [3.8, 4) is 0 Å². The molecule has 0 saturated carbocycles. The summed E-state index contributed by atoms with van der Waals surface area (Å²) in [7, 11) is -4.11. The third kappa shape index (κ3) is 20.2. The molecule has 0 aromatic heterocycles. The number of hydrogen-bond acceptors (Lipinski definition) is 4. The Labute approximate surface area is 205 Å². The van der Waals surface area contributed by atoms with Gasteiger partial charge in [-0.25, -0.2) is 8.42 Å². The molecule has 1 N–H and O–H groups in total. The second-order valence-corrected chi connectivity index (χ2v) is 9.36. The van der Waals surface area contributed by atoms with Crippen LogP contribution in [0.4, 0.5) is 0 Å². The Hall–Kier alpha value is 1.51. The average molecular weight is 417 g/mol. The second kappa shape index (κ2) is 19.8. The molecule has 0 aliphatic rings. The van der Waals surface area contributed by atoms with Gasteiger partial charge in [0, 0.05) is 5.25 Å². The first-order chi connectivity index (χ1) is 11.9. The Balaban J connectivity index is 0. The van der Waals surface area contributed by atoms with Crippen LogP contribution >= 0.6 is 0 Å². The van der Waals surface area contributed by atoms with Gasteiger partial charge in [0.1, 0.15) is 0 Å². The van der Waals surface area contributed by atoms with Crippen molar-refractivity contribution in [3.63, 3.8) is 0 Å². The largest absolute Gasteiger partial charge is 1.00 e. The van der Waals surface area contributed by atoms with Gasteiger partial charge in [-0.2, -0.15) is 0 Å². The quantitative estimate of drug-likeness (QED) is 0.212. The summed E-state index contributed by atoms with van der Waals surface area (Å²) in [5.74, 6) is 0. The summed E-state index contributed by atoms with van der Waals surface area (Å²) < 4.78 is 32.3. The summed E-state index contributed by atoms with van der Waals surface area (Å²) in [6.45, 7) is 3.73. The Bertz CT molecular complexity index is 387. The topological polar surface area (TPSA) is 77.4 Å². The molecule has 0 aliphatic heterocycles. The van der Waals surface area contributed by atoms with E-state index >= 15 is 0 Å². The van der Waals surface area contributed by atoms with Crippen LogP contribution in [0.1, 0.15) is 117 Å². The molecule has 4 nitrogen and oxygen atoms in total. The van der Waals surface area contributed by atoms with Crippen LogP contribution in [0.15, 0.2) is 0 Å². The molecule has 0 saturated heterocycles. The van der Waals surface area contributed by atoms with Gasteiger partial charge in [-0.15, -0.1) is 0 Å². The standard InChI is InChI=1S/C20H42O4S.K/c1-3-4-5-6-7-8-11-14-17-20(21)18-15-12-9-10-13-16-19(2)25(22,23)24;/h19-21H,3-18H2,1-2H3,(H,22,23,24);/q;+1/p-1. The molecule has 2 unspecified atom stereocenters. The molecule has 2 atom stereocenters. The summed E-state index contributed by atoms with van der Waals surface area (Å²) in [6.07, 6.45) is 17.4. The van der Waals surface area contributed by atoms with Crippen molar-refractivity contribution in [2.75, 3.05) is 0 Å². The van der Waals surface area contributed by atoms with Gasteiger partial charge >= 0.3 is 51.4 Å². The van der Waals surface area contributed by atoms with Gasteiger partial charge in [0.25, 0.3) is 0 Å². The molecule has 0 amide bonds. The Kier molecular flexibility index (Phi) is 22.6. The number of aliphatic hydroxyl groups excluding tert-OH is 1. The van der Waals surface area contributed by atoms with Crippen molar-refractivity contribution in [2.24, 2.45) is 0 Å². The van der Waals surface area contributed by atoms with Gasteiger partial charge in [-0.3, -0.25) is 0 Å². The first kappa shape index (κ1) is 29.7. The third-order valence-corrected chi connectivity index (χ3v) is 6.25. The number of unbranched alkanes of at least 4 members (excludes halogenated alkanes) is 11. The van der Waals surface area contributed by atoms with E-state index in [2.05, 4.69) is 6.92 Å². The van der Waals surface area contributed by atoms with E-state index in [1.807, 2.05) is 0 Å². The van der Waals surface area contributed by atoms with Crippen molar-refractivity contribution in [1.29, 1.82) is 0 Å². The second-order valence-electron chi connectivity index (χ2n) is 7.57. The van der Waals surface area contributed by atoms with Crippen LogP contribution in [0, 0.1) is 0 Å². The molecule has 0 aliphatic carbocycles. The summed E-state index contributed by atoms with van der Waals surface area (Å²) in [5.41, 5.74) is 0. The molecule has 0 aromatic carbocycles. The van der Waals surface area contributed by atoms with Crippen LogP contribution in [0.2, 0.25) is 0 Å². The van der Waals surface area contributed by atoms with Crippen LogP contribution < -0.4 is 51.4 Å². The first-order valence-corrected chi connectivity index (χ1v) is 12.0. The van der Waals surface area contributed by atoms with Gasteiger partial charge in [-0.05, 0) is 26.2 Å². The van der Waals surface area contributed by atoms with E-state index in [4.69, 9.17) is 0 Å². The molecule has 0 spiro atoms. The number of aliphatic hydroxyl groups is 1. The predicted molar refractivity (Wildman–Crippen MR) is 105 cm³/mol. The molecule has 0 aromatic rings. The fourth-order valence-electron chi connectivity index (χ4n) is 3.14. The van der Waals surface area contributed by atoms with Crippen molar-refractivity contribution in [1.82, 2.24) is 0 Å².